The van der Waals surface area contributed by atoms with Crippen LogP contribution in [-0.2, 0) is 0 Å². The van der Waals surface area contributed by atoms with Gasteiger partial charge < -0.3 is 4.90 Å². The second-order valence-corrected chi connectivity index (χ2v) is 5.68. The van der Waals surface area contributed by atoms with Gasteiger partial charge in [-0.15, -0.1) is 0 Å². The van der Waals surface area contributed by atoms with Crippen molar-refractivity contribution in [3.8, 4) is 0 Å². The Hall–Kier alpha value is -1.09. The summed E-state index contributed by atoms with van der Waals surface area (Å²) in [5.41, 5.74) is 1.31. The Morgan fingerprint density at radius 2 is 2.00 bits per heavy atom. The van der Waals surface area contributed by atoms with E-state index in [9.17, 15) is 0 Å². The van der Waals surface area contributed by atoms with E-state index in [1.807, 2.05) is 6.20 Å². The van der Waals surface area contributed by atoms with Gasteiger partial charge in [-0.05, 0) is 63.4 Å². The number of aryl methyl sites for hydroxylation is 1. The molecule has 2 fully saturated rings. The highest BCUT2D eigenvalue weighted by atomic mass is 15.3. The Labute approximate surface area is 110 Å². The van der Waals surface area contributed by atoms with Crippen molar-refractivity contribution in [3.05, 3.63) is 23.9 Å². The normalized spacial score (nSPS) is 25.6. The molecule has 3 rings (SSSR count). The van der Waals surface area contributed by atoms with Crippen molar-refractivity contribution >= 4 is 5.82 Å². The largest absolute Gasteiger partial charge is 0.355 e. The molecule has 1 aromatic heterocycles. The summed E-state index contributed by atoms with van der Waals surface area (Å²) in [5, 5.41) is 0. The monoisotopic (exact) mass is 245 g/mol. The quantitative estimate of drug-likeness (QED) is 0.798. The Balaban J connectivity index is 1.69. The lowest BCUT2D eigenvalue weighted by Crippen LogP contribution is -2.47. The molecule has 3 heteroatoms. The molecule has 0 spiro atoms. The van der Waals surface area contributed by atoms with Gasteiger partial charge in [-0.2, -0.15) is 0 Å². The average molecular weight is 245 g/mol. The van der Waals surface area contributed by atoms with Gasteiger partial charge in [0, 0.05) is 25.3 Å². The topological polar surface area (TPSA) is 19.4 Å². The van der Waals surface area contributed by atoms with E-state index in [-0.39, 0.29) is 0 Å². The summed E-state index contributed by atoms with van der Waals surface area (Å²) in [7, 11) is 0. The number of hydrogen-bond acceptors (Lipinski definition) is 3. The summed E-state index contributed by atoms with van der Waals surface area (Å²) < 4.78 is 0. The van der Waals surface area contributed by atoms with Crippen LogP contribution >= 0.6 is 0 Å². The highest BCUT2D eigenvalue weighted by Crippen LogP contribution is 2.23. The summed E-state index contributed by atoms with van der Waals surface area (Å²) in [6.07, 6.45) is 7.38. The van der Waals surface area contributed by atoms with Crippen LogP contribution in [0.3, 0.4) is 0 Å². The summed E-state index contributed by atoms with van der Waals surface area (Å²) >= 11 is 0. The summed E-state index contributed by atoms with van der Waals surface area (Å²) in [5.74, 6) is 1.17. The molecule has 3 heterocycles. The maximum absolute atomic E-state index is 4.53. The minimum atomic E-state index is 0.753. The standard InChI is InChI=1S/C15H23N3/c1-13-6-7-16-15(11-13)18-10-4-5-14(12-18)17-8-2-3-9-17/h6-7,11,14H,2-5,8-10,12H2,1H3. The third kappa shape index (κ3) is 2.51. The lowest BCUT2D eigenvalue weighted by atomic mass is 10.0. The number of piperidine rings is 1. The molecule has 2 aliphatic heterocycles. The smallest absolute Gasteiger partial charge is 0.128 e. The first-order valence-electron chi connectivity index (χ1n) is 7.24. The SMILES string of the molecule is Cc1ccnc(N2CCCC(N3CCCC3)C2)c1. The third-order valence-corrected chi connectivity index (χ3v) is 4.28. The fourth-order valence-electron chi connectivity index (χ4n) is 3.26. The van der Waals surface area contributed by atoms with Crippen molar-refractivity contribution in [2.45, 2.75) is 38.6 Å². The van der Waals surface area contributed by atoms with Crippen molar-refractivity contribution in [1.82, 2.24) is 9.88 Å². The summed E-state index contributed by atoms with van der Waals surface area (Å²) in [4.78, 5) is 9.69. The molecule has 3 nitrogen and oxygen atoms in total. The van der Waals surface area contributed by atoms with Crippen LogP contribution in [0.4, 0.5) is 5.82 Å². The van der Waals surface area contributed by atoms with Gasteiger partial charge in [0.1, 0.15) is 5.82 Å². The number of nitrogens with zero attached hydrogens (tertiary/aromatic N) is 3. The van der Waals surface area contributed by atoms with E-state index in [1.165, 1.54) is 56.7 Å². The molecule has 1 atom stereocenters. The lowest BCUT2D eigenvalue weighted by molar-refractivity contribution is 0.215. The predicted molar refractivity (Wildman–Crippen MR) is 75.0 cm³/mol. The van der Waals surface area contributed by atoms with Gasteiger partial charge in [0.2, 0.25) is 0 Å². The van der Waals surface area contributed by atoms with Crippen molar-refractivity contribution < 1.29 is 0 Å². The highest BCUT2D eigenvalue weighted by Gasteiger charge is 2.27. The van der Waals surface area contributed by atoms with Crippen LogP contribution in [0.1, 0.15) is 31.2 Å². The zero-order chi connectivity index (χ0) is 12.4. The lowest BCUT2D eigenvalue weighted by Gasteiger charge is -2.38. The molecule has 0 saturated carbocycles. The number of aromatic nitrogens is 1. The van der Waals surface area contributed by atoms with Crippen molar-refractivity contribution in [1.29, 1.82) is 0 Å². The van der Waals surface area contributed by atoms with Gasteiger partial charge in [0.05, 0.1) is 0 Å². The molecule has 2 saturated heterocycles. The van der Waals surface area contributed by atoms with Crippen LogP contribution in [0.2, 0.25) is 0 Å². The van der Waals surface area contributed by atoms with Gasteiger partial charge in [0.15, 0.2) is 0 Å². The van der Waals surface area contributed by atoms with Gasteiger partial charge in [-0.3, -0.25) is 4.90 Å². The molecule has 98 valence electrons. The number of anilines is 1. The third-order valence-electron chi connectivity index (χ3n) is 4.28. The molecule has 18 heavy (non-hydrogen) atoms. The first kappa shape index (κ1) is 12.0. The molecule has 0 aromatic carbocycles. The number of likely N-dealkylation sites (tertiary alicyclic amines) is 1. The fourth-order valence-corrected chi connectivity index (χ4v) is 3.26. The van der Waals surface area contributed by atoms with Crippen LogP contribution in [0.25, 0.3) is 0 Å². The van der Waals surface area contributed by atoms with E-state index < -0.39 is 0 Å². The van der Waals surface area contributed by atoms with E-state index in [1.54, 1.807) is 0 Å². The summed E-state index contributed by atoms with van der Waals surface area (Å²) in [6.45, 7) is 7.09. The first-order valence-corrected chi connectivity index (χ1v) is 7.24. The van der Waals surface area contributed by atoms with Crippen LogP contribution in [0.5, 0.6) is 0 Å². The first-order chi connectivity index (χ1) is 8.83. The molecule has 1 aromatic rings. The minimum Gasteiger partial charge on any atom is -0.355 e. The molecule has 0 aliphatic carbocycles. The Kier molecular flexibility index (Phi) is 3.50. The molecule has 0 amide bonds. The zero-order valence-corrected chi connectivity index (χ0v) is 11.3. The molecular formula is C15H23N3. The highest BCUT2D eigenvalue weighted by molar-refractivity contribution is 5.41. The summed E-state index contributed by atoms with van der Waals surface area (Å²) in [6, 6.07) is 5.04. The Morgan fingerprint density at radius 1 is 1.17 bits per heavy atom. The number of hydrogen-bond donors (Lipinski definition) is 0. The molecule has 1 unspecified atom stereocenters. The van der Waals surface area contributed by atoms with Crippen molar-refractivity contribution in [3.63, 3.8) is 0 Å². The van der Waals surface area contributed by atoms with Crippen LogP contribution < -0.4 is 4.90 Å². The molecule has 0 bridgehead atoms. The Bertz CT molecular complexity index is 398. The van der Waals surface area contributed by atoms with Crippen LogP contribution in [-0.4, -0.2) is 42.1 Å². The molecule has 0 radical (unpaired) electrons. The molecular weight excluding hydrogens is 222 g/mol. The number of pyridine rings is 1. The van der Waals surface area contributed by atoms with Crippen molar-refractivity contribution in [2.75, 3.05) is 31.1 Å². The van der Waals surface area contributed by atoms with Gasteiger partial charge >= 0.3 is 0 Å². The zero-order valence-electron chi connectivity index (χ0n) is 11.3. The average Bonchev–Trinajstić information content (AvgIpc) is 2.93. The Morgan fingerprint density at radius 3 is 2.78 bits per heavy atom. The maximum Gasteiger partial charge on any atom is 0.128 e. The molecule has 2 aliphatic rings. The van der Waals surface area contributed by atoms with E-state index in [2.05, 4.69) is 33.8 Å². The molecule has 0 N–H and O–H groups in total. The number of rotatable bonds is 2. The predicted octanol–water partition coefficient (Wildman–Crippen LogP) is 2.45. The van der Waals surface area contributed by atoms with Gasteiger partial charge in [0.25, 0.3) is 0 Å². The second-order valence-electron chi connectivity index (χ2n) is 5.68. The van der Waals surface area contributed by atoms with E-state index in [0.717, 1.165) is 12.6 Å². The van der Waals surface area contributed by atoms with Crippen molar-refractivity contribution in [2.24, 2.45) is 0 Å². The second kappa shape index (κ2) is 5.27. The fraction of sp³-hybridized carbons (Fsp3) is 0.667. The van der Waals surface area contributed by atoms with E-state index >= 15 is 0 Å². The van der Waals surface area contributed by atoms with E-state index in [4.69, 9.17) is 0 Å². The van der Waals surface area contributed by atoms with Gasteiger partial charge in [-0.1, -0.05) is 0 Å². The van der Waals surface area contributed by atoms with E-state index in [0.29, 0.717) is 0 Å². The van der Waals surface area contributed by atoms with Crippen LogP contribution in [0, 0.1) is 6.92 Å². The minimum absolute atomic E-state index is 0.753. The van der Waals surface area contributed by atoms with Gasteiger partial charge in [-0.25, -0.2) is 4.98 Å². The van der Waals surface area contributed by atoms with Crippen LogP contribution in [0.15, 0.2) is 18.3 Å². The maximum atomic E-state index is 4.53.